The molecule has 1 N–H and O–H groups in total. The fourth-order valence-electron chi connectivity index (χ4n) is 5.01. The topological polar surface area (TPSA) is 96.2 Å². The fraction of sp³-hybridized carbons (Fsp3) is 0.438. The van der Waals surface area contributed by atoms with Crippen molar-refractivity contribution in [2.24, 2.45) is 5.92 Å². The highest BCUT2D eigenvalue weighted by Crippen LogP contribution is 2.38. The van der Waals surface area contributed by atoms with Crippen LogP contribution in [0.3, 0.4) is 0 Å². The molecule has 1 aromatic heterocycles. The van der Waals surface area contributed by atoms with E-state index in [1.807, 2.05) is 12.3 Å². The molecule has 2 aliphatic rings. The van der Waals surface area contributed by atoms with Crippen LogP contribution in [0.25, 0.3) is 0 Å². The molecule has 46 heavy (non-hydrogen) atoms. The smallest absolute Gasteiger partial charge is 0.387 e. The Morgan fingerprint density at radius 2 is 1.87 bits per heavy atom. The number of hydrogen-bond acceptors (Lipinski definition) is 9. The zero-order chi connectivity index (χ0) is 32.6. The van der Waals surface area contributed by atoms with Crippen LogP contribution in [0, 0.1) is 11.1 Å². The summed E-state index contributed by atoms with van der Waals surface area (Å²) in [6.45, 7) is 1.97. The minimum absolute atomic E-state index is 0.00505. The van der Waals surface area contributed by atoms with Crippen molar-refractivity contribution in [1.82, 2.24) is 4.90 Å². The van der Waals surface area contributed by atoms with Gasteiger partial charge in [0.2, 0.25) is 0 Å². The van der Waals surface area contributed by atoms with Crippen molar-refractivity contribution in [3.8, 4) is 11.5 Å². The largest absolute Gasteiger partial charge is 0.619 e. The Labute approximate surface area is 280 Å². The predicted octanol–water partition coefficient (Wildman–Crippen LogP) is 6.62. The van der Waals surface area contributed by atoms with Crippen LogP contribution in [0.2, 0.25) is 10.0 Å². The molecule has 0 spiro atoms. The molecule has 0 amide bonds. The number of nitrogens with one attached hydrogen (secondary N) is 1. The number of anilines is 1. The Morgan fingerprint density at radius 3 is 2.54 bits per heavy atom. The third-order valence-electron chi connectivity index (χ3n) is 7.71. The molecule has 9 nitrogen and oxygen atoms in total. The van der Waals surface area contributed by atoms with Gasteiger partial charge in [-0.2, -0.15) is 13.5 Å². The summed E-state index contributed by atoms with van der Waals surface area (Å²) < 4.78 is 48.9. The number of esters is 1. The van der Waals surface area contributed by atoms with Crippen molar-refractivity contribution in [3.05, 3.63) is 80.7 Å². The molecule has 1 saturated carbocycles. The molecule has 0 radical (unpaired) electrons. The van der Waals surface area contributed by atoms with Crippen molar-refractivity contribution >= 4 is 46.6 Å². The number of hydrogen-bond donors (Lipinski definition) is 1. The van der Waals surface area contributed by atoms with Crippen LogP contribution in [0.1, 0.15) is 40.4 Å². The van der Waals surface area contributed by atoms with Gasteiger partial charge in [-0.25, -0.2) is 4.79 Å². The van der Waals surface area contributed by atoms with E-state index >= 15 is 0 Å². The van der Waals surface area contributed by atoms with Gasteiger partial charge >= 0.3 is 12.6 Å². The maximum Gasteiger partial charge on any atom is 0.387 e. The monoisotopic (exact) mass is 697 g/mol. The van der Waals surface area contributed by atoms with E-state index in [1.54, 1.807) is 23.9 Å². The highest BCUT2D eigenvalue weighted by Gasteiger charge is 2.27. The van der Waals surface area contributed by atoms with Gasteiger partial charge in [0.05, 0.1) is 25.4 Å². The van der Waals surface area contributed by atoms with Crippen LogP contribution in [0.5, 0.6) is 11.5 Å². The van der Waals surface area contributed by atoms with Crippen LogP contribution in [-0.4, -0.2) is 69.7 Å². The second-order valence-electron chi connectivity index (χ2n) is 11.0. The van der Waals surface area contributed by atoms with Crippen molar-refractivity contribution < 1.29 is 37.3 Å². The first-order valence-corrected chi connectivity index (χ1v) is 16.9. The molecule has 0 bridgehead atoms. The lowest BCUT2D eigenvalue weighted by Gasteiger charge is -2.26. The number of morpholine rings is 1. The molecule has 1 aliphatic heterocycles. The molecular formula is C32H35Cl2F2N3O6S. The summed E-state index contributed by atoms with van der Waals surface area (Å²) in [5.74, 6) is -0.305. The number of thioether (sulfide) groups is 1. The molecule has 1 atom stereocenters. The van der Waals surface area contributed by atoms with Crippen LogP contribution < -0.4 is 19.5 Å². The number of pyridine rings is 1. The van der Waals surface area contributed by atoms with Gasteiger partial charge in [0.25, 0.3) is 0 Å². The fourth-order valence-corrected chi connectivity index (χ4v) is 6.16. The van der Waals surface area contributed by atoms with Crippen molar-refractivity contribution in [2.75, 3.05) is 57.6 Å². The van der Waals surface area contributed by atoms with Gasteiger partial charge in [-0.15, -0.1) is 11.8 Å². The number of alkyl halides is 2. The van der Waals surface area contributed by atoms with E-state index in [0.717, 1.165) is 55.5 Å². The summed E-state index contributed by atoms with van der Waals surface area (Å²) >= 11 is 14.3. The maximum atomic E-state index is 13.7. The molecule has 14 heteroatoms. The van der Waals surface area contributed by atoms with Gasteiger partial charge in [0.1, 0.15) is 16.1 Å². The first kappa shape index (κ1) is 34.3. The first-order valence-electron chi connectivity index (χ1n) is 14.9. The highest BCUT2D eigenvalue weighted by atomic mass is 35.5. The molecule has 2 fully saturated rings. The molecule has 2 aromatic carbocycles. The normalized spacial score (nSPS) is 15.9. The minimum atomic E-state index is -3.05. The molecule has 5 rings (SSSR count). The Bertz CT molecular complexity index is 1490. The number of halogens is 4. The summed E-state index contributed by atoms with van der Waals surface area (Å²) in [6.07, 6.45) is 5.27. The number of aromatic nitrogens is 1. The molecule has 2 heterocycles. The van der Waals surface area contributed by atoms with E-state index in [4.69, 9.17) is 42.1 Å². The Morgan fingerprint density at radius 1 is 1.13 bits per heavy atom. The Balaban J connectivity index is 1.40. The Hall–Kier alpha value is -3.03. The van der Waals surface area contributed by atoms with Gasteiger partial charge in [-0.3, -0.25) is 4.90 Å². The van der Waals surface area contributed by atoms with E-state index in [2.05, 4.69) is 10.2 Å². The standard InChI is InChI=1S/C32H35Cl2F2N3O6S/c1-46-30-7-5-22(14-26(30)37-8-9-38-10-12-42-13-11-38)31(40)44-28(16-23-24(33)17-39(41)18-25(23)34)21-4-6-27(45-32(35)36)29(15-21)43-19-20-2-3-20/h4-7,14-15,17-18,20,28,32,37H,2-3,8-13,16,19H2,1H3/t28-/m0/s1. The molecule has 1 aliphatic carbocycles. The SMILES string of the molecule is CSc1ccc(C(=O)O[C@@H](Cc2c(Cl)c[n+]([O-])cc2Cl)c2ccc(OC(F)F)c(OCC3CC3)c2)cc1NCCN1CCOCC1. The average molecular weight is 699 g/mol. The summed E-state index contributed by atoms with van der Waals surface area (Å²) in [5, 5.41) is 15.5. The van der Waals surface area contributed by atoms with E-state index in [9.17, 15) is 18.8 Å². The number of carbonyl (C=O) groups is 1. The lowest BCUT2D eigenvalue weighted by Crippen LogP contribution is -2.39. The van der Waals surface area contributed by atoms with E-state index < -0.39 is 18.7 Å². The van der Waals surface area contributed by atoms with Gasteiger partial charge in [0, 0.05) is 48.7 Å². The molecule has 0 unspecified atom stereocenters. The average Bonchev–Trinajstić information content (AvgIpc) is 3.86. The second-order valence-corrected chi connectivity index (χ2v) is 12.7. The Kier molecular flexibility index (Phi) is 12.1. The molecule has 248 valence electrons. The quantitative estimate of drug-likeness (QED) is 0.0813. The second kappa shape index (κ2) is 16.2. The van der Waals surface area contributed by atoms with Crippen LogP contribution >= 0.6 is 35.0 Å². The van der Waals surface area contributed by atoms with Crippen molar-refractivity contribution in [2.45, 2.75) is 36.9 Å². The maximum absolute atomic E-state index is 13.7. The first-order chi connectivity index (χ1) is 22.2. The zero-order valence-corrected chi connectivity index (χ0v) is 27.5. The summed E-state index contributed by atoms with van der Waals surface area (Å²) in [7, 11) is 0. The molecule has 3 aromatic rings. The van der Waals surface area contributed by atoms with E-state index in [0.29, 0.717) is 53.7 Å². The lowest BCUT2D eigenvalue weighted by atomic mass is 10.0. The summed E-state index contributed by atoms with van der Waals surface area (Å²) in [5.41, 5.74) is 1.92. The third kappa shape index (κ3) is 9.51. The number of ether oxygens (including phenoxy) is 4. The zero-order valence-electron chi connectivity index (χ0n) is 25.2. The van der Waals surface area contributed by atoms with Crippen LogP contribution in [0.4, 0.5) is 14.5 Å². The number of rotatable bonds is 15. The predicted molar refractivity (Wildman–Crippen MR) is 173 cm³/mol. The van der Waals surface area contributed by atoms with E-state index in [1.165, 1.54) is 18.2 Å². The highest BCUT2D eigenvalue weighted by molar-refractivity contribution is 7.98. The number of nitrogens with zero attached hydrogens (tertiary/aromatic N) is 2. The number of carbonyl (C=O) groups excluding carboxylic acids is 1. The lowest BCUT2D eigenvalue weighted by molar-refractivity contribution is -0.605. The van der Waals surface area contributed by atoms with Gasteiger partial charge in [-0.05, 0) is 60.9 Å². The summed E-state index contributed by atoms with van der Waals surface area (Å²) in [4.78, 5) is 17.0. The minimum Gasteiger partial charge on any atom is -0.619 e. The van der Waals surface area contributed by atoms with Gasteiger partial charge in [-0.1, -0.05) is 29.3 Å². The van der Waals surface area contributed by atoms with Crippen molar-refractivity contribution in [3.63, 3.8) is 0 Å². The van der Waals surface area contributed by atoms with Crippen LogP contribution in [0.15, 0.2) is 53.7 Å². The number of benzene rings is 2. The molecular weight excluding hydrogens is 663 g/mol. The van der Waals surface area contributed by atoms with Crippen LogP contribution in [-0.2, 0) is 15.9 Å². The summed E-state index contributed by atoms with van der Waals surface area (Å²) in [6, 6.07) is 9.68. The van der Waals surface area contributed by atoms with Crippen molar-refractivity contribution in [1.29, 1.82) is 0 Å². The van der Waals surface area contributed by atoms with Gasteiger partial charge in [0.15, 0.2) is 23.9 Å². The van der Waals surface area contributed by atoms with Gasteiger partial charge < -0.3 is 29.5 Å². The third-order valence-corrected chi connectivity index (χ3v) is 9.15. The molecule has 1 saturated heterocycles. The van der Waals surface area contributed by atoms with E-state index in [-0.39, 0.29) is 28.0 Å².